The van der Waals surface area contributed by atoms with Crippen LogP contribution in [-0.4, -0.2) is 11.1 Å². The summed E-state index contributed by atoms with van der Waals surface area (Å²) in [4.78, 5) is 9.68. The smallest absolute Gasteiger partial charge is 0.269 e. The highest BCUT2D eigenvalue weighted by Crippen LogP contribution is 2.09. The molecule has 0 saturated carbocycles. The highest BCUT2D eigenvalue weighted by Gasteiger charge is 2.01. The van der Waals surface area contributed by atoms with Gasteiger partial charge < -0.3 is 5.41 Å². The minimum atomic E-state index is -0.465. The van der Waals surface area contributed by atoms with Gasteiger partial charge in [0.15, 0.2) is 0 Å². The molecule has 56 valence electrons. The third-order valence-electron chi connectivity index (χ3n) is 1.27. The quantitative estimate of drug-likeness (QED) is 0.395. The highest BCUT2D eigenvalue weighted by molar-refractivity contribution is 5.77. The fraction of sp³-hybridized carbons (Fsp3) is 0. The van der Waals surface area contributed by atoms with Gasteiger partial charge in [-0.15, -0.1) is 0 Å². The molecule has 0 aliphatic carbocycles. The summed E-state index contributed by atoms with van der Waals surface area (Å²) in [5, 5.41) is 17.0. The van der Waals surface area contributed by atoms with Crippen LogP contribution in [0, 0.1) is 15.5 Å². The lowest BCUT2D eigenvalue weighted by Gasteiger charge is -1.90. The monoisotopic (exact) mass is 150 g/mol. The summed E-state index contributed by atoms with van der Waals surface area (Å²) in [6.07, 6.45) is 1.14. The number of nitro benzene ring substituents is 1. The van der Waals surface area contributed by atoms with Gasteiger partial charge in [-0.05, 0) is 17.7 Å². The fourth-order valence-electron chi connectivity index (χ4n) is 0.692. The first-order valence-electron chi connectivity index (χ1n) is 2.99. The van der Waals surface area contributed by atoms with E-state index in [2.05, 4.69) is 0 Å². The molecule has 11 heavy (non-hydrogen) atoms. The van der Waals surface area contributed by atoms with Crippen LogP contribution in [0.2, 0.25) is 0 Å². The molecule has 0 spiro atoms. The fourth-order valence-corrected chi connectivity index (χ4v) is 0.692. The molecule has 0 aromatic heterocycles. The topological polar surface area (TPSA) is 67.0 Å². The van der Waals surface area contributed by atoms with Crippen LogP contribution < -0.4 is 0 Å². The van der Waals surface area contributed by atoms with Gasteiger partial charge in [0, 0.05) is 18.3 Å². The summed E-state index contributed by atoms with van der Waals surface area (Å²) in [5.41, 5.74) is 0.714. The van der Waals surface area contributed by atoms with Crippen molar-refractivity contribution in [2.45, 2.75) is 0 Å². The van der Waals surface area contributed by atoms with Crippen molar-refractivity contribution in [3.8, 4) is 0 Å². The molecule has 1 rings (SSSR count). The predicted molar refractivity (Wildman–Crippen MR) is 41.0 cm³/mol. The molecule has 1 aromatic rings. The number of hydrogen-bond acceptors (Lipinski definition) is 3. The van der Waals surface area contributed by atoms with Crippen molar-refractivity contribution in [1.82, 2.24) is 0 Å². The Morgan fingerprint density at radius 2 is 1.91 bits per heavy atom. The molecule has 0 radical (unpaired) electrons. The SMILES string of the molecule is N=Cc1ccc([N+](=O)[O-])cc1. The first-order valence-corrected chi connectivity index (χ1v) is 2.99. The van der Waals surface area contributed by atoms with Gasteiger partial charge in [-0.1, -0.05) is 0 Å². The highest BCUT2D eigenvalue weighted by atomic mass is 16.6. The van der Waals surface area contributed by atoms with Crippen LogP contribution in [0.5, 0.6) is 0 Å². The first-order chi connectivity index (χ1) is 5.24. The van der Waals surface area contributed by atoms with Gasteiger partial charge in [0.1, 0.15) is 0 Å². The second-order valence-electron chi connectivity index (χ2n) is 1.99. The Kier molecular flexibility index (Phi) is 1.96. The van der Waals surface area contributed by atoms with Crippen LogP contribution in [0.25, 0.3) is 0 Å². The minimum absolute atomic E-state index is 0.0515. The Balaban J connectivity index is 3.00. The molecule has 0 fully saturated rings. The van der Waals surface area contributed by atoms with Gasteiger partial charge in [-0.2, -0.15) is 0 Å². The molecule has 0 amide bonds. The van der Waals surface area contributed by atoms with Crippen molar-refractivity contribution < 1.29 is 4.92 Å². The number of benzene rings is 1. The van der Waals surface area contributed by atoms with Crippen LogP contribution in [-0.2, 0) is 0 Å². The molecule has 0 saturated heterocycles. The lowest BCUT2D eigenvalue weighted by Crippen LogP contribution is -1.87. The molecule has 0 aliphatic heterocycles. The maximum atomic E-state index is 10.1. The van der Waals surface area contributed by atoms with Crippen LogP contribution in [0.15, 0.2) is 24.3 Å². The average Bonchev–Trinajstić information content (AvgIpc) is 2.05. The number of nitrogens with one attached hydrogen (secondary N) is 1. The summed E-state index contributed by atoms with van der Waals surface area (Å²) >= 11 is 0. The van der Waals surface area contributed by atoms with E-state index in [9.17, 15) is 10.1 Å². The first kappa shape index (κ1) is 7.40. The van der Waals surface area contributed by atoms with E-state index in [4.69, 9.17) is 5.41 Å². The van der Waals surface area contributed by atoms with Crippen molar-refractivity contribution >= 4 is 11.9 Å². The van der Waals surface area contributed by atoms with Crippen molar-refractivity contribution in [3.63, 3.8) is 0 Å². The van der Waals surface area contributed by atoms with Gasteiger partial charge in [0.2, 0.25) is 0 Å². The number of rotatable bonds is 2. The zero-order valence-electron chi connectivity index (χ0n) is 5.65. The Morgan fingerprint density at radius 1 is 1.36 bits per heavy atom. The zero-order valence-corrected chi connectivity index (χ0v) is 5.65. The van der Waals surface area contributed by atoms with Crippen LogP contribution in [0.1, 0.15) is 5.56 Å². The molecule has 0 atom stereocenters. The Labute approximate surface area is 63.1 Å². The summed E-state index contributed by atoms with van der Waals surface area (Å²) < 4.78 is 0. The predicted octanol–water partition coefficient (Wildman–Crippen LogP) is 1.59. The lowest BCUT2D eigenvalue weighted by molar-refractivity contribution is -0.384. The van der Waals surface area contributed by atoms with Gasteiger partial charge in [0.25, 0.3) is 5.69 Å². The van der Waals surface area contributed by atoms with E-state index in [1.165, 1.54) is 24.3 Å². The molecule has 0 heterocycles. The zero-order chi connectivity index (χ0) is 8.27. The number of non-ortho nitro benzene ring substituents is 1. The van der Waals surface area contributed by atoms with E-state index in [1.54, 1.807) is 0 Å². The molecule has 0 aliphatic rings. The molecular formula is C7H6N2O2. The molecule has 1 aromatic carbocycles. The van der Waals surface area contributed by atoms with Crippen molar-refractivity contribution in [2.75, 3.05) is 0 Å². The molecular weight excluding hydrogens is 144 g/mol. The Morgan fingerprint density at radius 3 is 2.27 bits per heavy atom. The van der Waals surface area contributed by atoms with E-state index in [0.29, 0.717) is 5.56 Å². The maximum absolute atomic E-state index is 10.1. The van der Waals surface area contributed by atoms with Gasteiger partial charge in [0.05, 0.1) is 4.92 Å². The largest absolute Gasteiger partial charge is 0.308 e. The lowest BCUT2D eigenvalue weighted by atomic mass is 10.2. The Bertz CT molecular complexity index is 279. The molecule has 0 unspecified atom stereocenters. The summed E-state index contributed by atoms with van der Waals surface area (Å²) in [5.74, 6) is 0. The van der Waals surface area contributed by atoms with Gasteiger partial charge in [-0.3, -0.25) is 10.1 Å². The average molecular weight is 150 g/mol. The second-order valence-corrected chi connectivity index (χ2v) is 1.99. The molecule has 4 nitrogen and oxygen atoms in total. The molecule has 0 bridgehead atoms. The van der Waals surface area contributed by atoms with Crippen molar-refractivity contribution in [2.24, 2.45) is 0 Å². The van der Waals surface area contributed by atoms with E-state index < -0.39 is 4.92 Å². The Hall–Kier alpha value is -1.71. The minimum Gasteiger partial charge on any atom is -0.308 e. The summed E-state index contributed by atoms with van der Waals surface area (Å²) in [7, 11) is 0. The van der Waals surface area contributed by atoms with Crippen LogP contribution >= 0.6 is 0 Å². The van der Waals surface area contributed by atoms with Crippen LogP contribution in [0.4, 0.5) is 5.69 Å². The number of nitro groups is 1. The number of hydrogen-bond donors (Lipinski definition) is 1. The number of nitrogens with zero attached hydrogens (tertiary/aromatic N) is 1. The van der Waals surface area contributed by atoms with E-state index in [1.807, 2.05) is 0 Å². The summed E-state index contributed by atoms with van der Waals surface area (Å²) in [6, 6.07) is 5.82. The summed E-state index contributed by atoms with van der Waals surface area (Å²) in [6.45, 7) is 0. The van der Waals surface area contributed by atoms with Gasteiger partial charge in [-0.25, -0.2) is 0 Å². The normalized spacial score (nSPS) is 9.09. The van der Waals surface area contributed by atoms with Crippen LogP contribution in [0.3, 0.4) is 0 Å². The van der Waals surface area contributed by atoms with Crippen molar-refractivity contribution in [1.29, 1.82) is 5.41 Å². The third kappa shape index (κ3) is 1.61. The standard InChI is InChI=1S/C7H6N2O2/c8-5-6-1-3-7(4-2-6)9(10)11/h1-5,8H. The maximum Gasteiger partial charge on any atom is 0.269 e. The van der Waals surface area contributed by atoms with E-state index in [-0.39, 0.29) is 5.69 Å². The third-order valence-corrected chi connectivity index (χ3v) is 1.27. The molecule has 4 heteroatoms. The molecule has 1 N–H and O–H groups in total. The van der Waals surface area contributed by atoms with E-state index in [0.717, 1.165) is 6.21 Å². The van der Waals surface area contributed by atoms with E-state index >= 15 is 0 Å². The second kappa shape index (κ2) is 2.92. The van der Waals surface area contributed by atoms with Crippen molar-refractivity contribution in [3.05, 3.63) is 39.9 Å². The van der Waals surface area contributed by atoms with Gasteiger partial charge >= 0.3 is 0 Å².